The van der Waals surface area contributed by atoms with Crippen molar-refractivity contribution in [2.24, 2.45) is 0 Å². The number of aryl methyl sites for hydroxylation is 1. The van der Waals surface area contributed by atoms with E-state index >= 15 is 0 Å². The molecule has 26 heavy (non-hydrogen) atoms. The van der Waals surface area contributed by atoms with E-state index in [1.54, 1.807) is 6.07 Å². The molecule has 1 aromatic heterocycles. The molecule has 1 amide bonds. The molecular weight excluding hydrogens is 356 g/mol. The Kier molecular flexibility index (Phi) is 6.40. The number of nitrogens with one attached hydrogen (secondary N) is 2. The summed E-state index contributed by atoms with van der Waals surface area (Å²) in [6.07, 6.45) is 2.29. The van der Waals surface area contributed by atoms with Crippen LogP contribution in [0.1, 0.15) is 18.5 Å². The van der Waals surface area contributed by atoms with Gasteiger partial charge >= 0.3 is 0 Å². The van der Waals surface area contributed by atoms with Gasteiger partial charge in [0.25, 0.3) is 5.91 Å². The highest BCUT2D eigenvalue weighted by atomic mass is 32.1. The lowest BCUT2D eigenvalue weighted by Gasteiger charge is -2.29. The fraction of sp³-hybridized carbons (Fsp3) is 0.625. The standard InChI is InChI=1S/C16H24N6O3S/c1-12-10-14(18-15(17-12)21-4-2-3-5-21)25-11-13(23)19-20-16(26)22-6-8-24-9-7-22/h10H,2-9,11H2,1H3,(H,19,23)(H,20,26). The van der Waals surface area contributed by atoms with Crippen molar-refractivity contribution < 1.29 is 14.3 Å². The monoisotopic (exact) mass is 380 g/mol. The van der Waals surface area contributed by atoms with Crippen LogP contribution in [0.5, 0.6) is 5.88 Å². The lowest BCUT2D eigenvalue weighted by Crippen LogP contribution is -2.52. The van der Waals surface area contributed by atoms with Crippen LogP contribution in [-0.4, -0.2) is 71.9 Å². The molecule has 3 heterocycles. The maximum atomic E-state index is 12.0. The van der Waals surface area contributed by atoms with E-state index in [9.17, 15) is 4.79 Å². The van der Waals surface area contributed by atoms with E-state index in [0.717, 1.165) is 31.6 Å². The third-order valence-electron chi connectivity index (χ3n) is 4.17. The summed E-state index contributed by atoms with van der Waals surface area (Å²) >= 11 is 5.24. The third kappa shape index (κ3) is 5.15. The molecule has 2 fully saturated rings. The fourth-order valence-corrected chi connectivity index (χ4v) is 3.03. The Hall–Kier alpha value is -2.20. The molecule has 10 heteroatoms. The van der Waals surface area contributed by atoms with Gasteiger partial charge in [0, 0.05) is 37.9 Å². The van der Waals surface area contributed by atoms with Crippen molar-refractivity contribution in [1.82, 2.24) is 25.7 Å². The number of rotatable bonds is 4. The first-order chi connectivity index (χ1) is 12.6. The Morgan fingerprint density at radius 2 is 1.96 bits per heavy atom. The summed E-state index contributed by atoms with van der Waals surface area (Å²) in [4.78, 5) is 24.9. The highest BCUT2D eigenvalue weighted by molar-refractivity contribution is 7.80. The Balaban J connectivity index is 1.45. The number of morpholine rings is 1. The second-order valence-electron chi connectivity index (χ2n) is 6.21. The Labute approximate surface area is 158 Å². The highest BCUT2D eigenvalue weighted by Crippen LogP contribution is 2.19. The molecule has 0 aromatic carbocycles. The van der Waals surface area contributed by atoms with Gasteiger partial charge in [-0.25, -0.2) is 4.98 Å². The largest absolute Gasteiger partial charge is 0.467 e. The van der Waals surface area contributed by atoms with Gasteiger partial charge in [0.05, 0.1) is 13.2 Å². The first-order valence-electron chi connectivity index (χ1n) is 8.77. The fourth-order valence-electron chi connectivity index (χ4n) is 2.80. The van der Waals surface area contributed by atoms with E-state index in [2.05, 4.69) is 25.7 Å². The molecule has 0 aliphatic carbocycles. The van der Waals surface area contributed by atoms with Gasteiger partial charge in [0.1, 0.15) is 0 Å². The number of carbonyl (C=O) groups excluding carboxylic acids is 1. The number of carbonyl (C=O) groups is 1. The molecule has 0 atom stereocenters. The number of thiocarbonyl (C=S) groups is 1. The van der Waals surface area contributed by atoms with Crippen LogP contribution in [0, 0.1) is 6.92 Å². The Morgan fingerprint density at radius 3 is 2.69 bits per heavy atom. The molecule has 2 aliphatic rings. The predicted octanol–water partition coefficient (Wildman–Crippen LogP) is 0.00192. The van der Waals surface area contributed by atoms with Gasteiger partial charge in [-0.1, -0.05) is 0 Å². The zero-order valence-electron chi connectivity index (χ0n) is 14.9. The molecule has 0 radical (unpaired) electrons. The van der Waals surface area contributed by atoms with Crippen molar-refractivity contribution in [2.75, 3.05) is 50.9 Å². The van der Waals surface area contributed by atoms with Crippen LogP contribution < -0.4 is 20.5 Å². The number of amides is 1. The van der Waals surface area contributed by atoms with Crippen LogP contribution in [0.2, 0.25) is 0 Å². The van der Waals surface area contributed by atoms with E-state index < -0.39 is 0 Å². The Bertz CT molecular complexity index is 647. The van der Waals surface area contributed by atoms with Crippen LogP contribution in [0.25, 0.3) is 0 Å². The summed E-state index contributed by atoms with van der Waals surface area (Å²) < 4.78 is 10.8. The van der Waals surface area contributed by atoms with E-state index in [-0.39, 0.29) is 12.5 Å². The quantitative estimate of drug-likeness (QED) is 0.553. The number of hydrazine groups is 1. The summed E-state index contributed by atoms with van der Waals surface area (Å²) in [5.74, 6) is 0.717. The number of aromatic nitrogens is 2. The lowest BCUT2D eigenvalue weighted by molar-refractivity contribution is -0.123. The average Bonchev–Trinajstić information content (AvgIpc) is 3.19. The minimum atomic E-state index is -0.334. The van der Waals surface area contributed by atoms with Crippen molar-refractivity contribution in [3.63, 3.8) is 0 Å². The first kappa shape index (κ1) is 18.6. The van der Waals surface area contributed by atoms with Crippen molar-refractivity contribution in [3.05, 3.63) is 11.8 Å². The predicted molar refractivity (Wildman–Crippen MR) is 100.0 cm³/mol. The van der Waals surface area contributed by atoms with Crippen molar-refractivity contribution in [2.45, 2.75) is 19.8 Å². The van der Waals surface area contributed by atoms with E-state index in [1.165, 1.54) is 0 Å². The molecule has 2 aliphatic heterocycles. The van der Waals surface area contributed by atoms with Crippen LogP contribution >= 0.6 is 12.2 Å². The molecule has 142 valence electrons. The van der Waals surface area contributed by atoms with Crippen LogP contribution in [0.4, 0.5) is 5.95 Å². The zero-order chi connectivity index (χ0) is 18.4. The Morgan fingerprint density at radius 1 is 1.23 bits per heavy atom. The number of ether oxygens (including phenoxy) is 2. The van der Waals surface area contributed by atoms with Gasteiger partial charge in [0.15, 0.2) is 11.7 Å². The maximum Gasteiger partial charge on any atom is 0.276 e. The molecule has 2 N–H and O–H groups in total. The smallest absolute Gasteiger partial charge is 0.276 e. The molecule has 1 aromatic rings. The summed E-state index contributed by atoms with van der Waals surface area (Å²) in [7, 11) is 0. The maximum absolute atomic E-state index is 12.0. The summed E-state index contributed by atoms with van der Waals surface area (Å²) in [5, 5.41) is 0.468. The molecule has 0 spiro atoms. The SMILES string of the molecule is Cc1cc(OCC(=O)NNC(=S)N2CCOCC2)nc(N2CCCC2)n1. The first-order valence-corrected chi connectivity index (χ1v) is 9.17. The summed E-state index contributed by atoms with van der Waals surface area (Å²) in [6.45, 7) is 6.30. The van der Waals surface area contributed by atoms with Crippen molar-refractivity contribution in [3.8, 4) is 5.88 Å². The second kappa shape index (κ2) is 8.95. The van der Waals surface area contributed by atoms with E-state index in [1.807, 2.05) is 11.8 Å². The summed E-state index contributed by atoms with van der Waals surface area (Å²) in [6, 6.07) is 1.72. The molecule has 0 unspecified atom stereocenters. The number of hydrogen-bond donors (Lipinski definition) is 2. The van der Waals surface area contributed by atoms with Gasteiger partial charge in [0.2, 0.25) is 11.8 Å². The van der Waals surface area contributed by atoms with Crippen molar-refractivity contribution >= 4 is 29.2 Å². The normalized spacial score (nSPS) is 17.1. The molecule has 3 rings (SSSR count). The molecule has 9 nitrogen and oxygen atoms in total. The van der Waals surface area contributed by atoms with E-state index in [0.29, 0.717) is 43.2 Å². The summed E-state index contributed by atoms with van der Waals surface area (Å²) in [5.41, 5.74) is 6.09. The second-order valence-corrected chi connectivity index (χ2v) is 6.59. The van der Waals surface area contributed by atoms with Gasteiger partial charge in [-0.3, -0.25) is 15.6 Å². The van der Waals surface area contributed by atoms with Gasteiger partial charge in [-0.05, 0) is 32.0 Å². The minimum Gasteiger partial charge on any atom is -0.467 e. The number of anilines is 1. The lowest BCUT2D eigenvalue weighted by atomic mass is 10.4. The molecular formula is C16H24N6O3S. The van der Waals surface area contributed by atoms with Crippen LogP contribution in [0.3, 0.4) is 0 Å². The van der Waals surface area contributed by atoms with Gasteiger partial charge in [-0.15, -0.1) is 0 Å². The minimum absolute atomic E-state index is 0.158. The zero-order valence-corrected chi connectivity index (χ0v) is 15.7. The molecule has 0 saturated carbocycles. The number of hydrogen-bond acceptors (Lipinski definition) is 7. The molecule has 0 bridgehead atoms. The third-order valence-corrected chi connectivity index (χ3v) is 4.53. The van der Waals surface area contributed by atoms with E-state index in [4.69, 9.17) is 21.7 Å². The number of nitrogens with zero attached hydrogens (tertiary/aromatic N) is 4. The highest BCUT2D eigenvalue weighted by Gasteiger charge is 2.17. The average molecular weight is 380 g/mol. The van der Waals surface area contributed by atoms with Gasteiger partial charge < -0.3 is 19.3 Å². The van der Waals surface area contributed by atoms with Crippen LogP contribution in [0.15, 0.2) is 6.07 Å². The van der Waals surface area contributed by atoms with Crippen molar-refractivity contribution in [1.29, 1.82) is 0 Å². The van der Waals surface area contributed by atoms with Crippen LogP contribution in [-0.2, 0) is 9.53 Å². The topological polar surface area (TPSA) is 91.8 Å². The molecule has 2 saturated heterocycles. The van der Waals surface area contributed by atoms with Gasteiger partial charge in [-0.2, -0.15) is 4.98 Å².